The van der Waals surface area contributed by atoms with Gasteiger partial charge in [-0.3, -0.25) is 14.4 Å². The number of anilines is 1. The van der Waals surface area contributed by atoms with E-state index in [0.717, 1.165) is 11.1 Å². The van der Waals surface area contributed by atoms with E-state index in [1.165, 1.54) is 6.92 Å². The summed E-state index contributed by atoms with van der Waals surface area (Å²) in [5.41, 5.74) is 3.45. The number of carbonyl (C=O) groups excluding carboxylic acids is 3. The van der Waals surface area contributed by atoms with Crippen LogP contribution in [0.1, 0.15) is 58.0 Å². The van der Waals surface area contributed by atoms with E-state index in [1.54, 1.807) is 29.2 Å². The normalized spacial score (nSPS) is 17.3. The van der Waals surface area contributed by atoms with Gasteiger partial charge in [-0.2, -0.15) is 0 Å². The minimum absolute atomic E-state index is 0.0777. The number of hydrogen-bond donors (Lipinski definition) is 1. The van der Waals surface area contributed by atoms with Crippen molar-refractivity contribution in [3.63, 3.8) is 0 Å². The molecule has 0 unspecified atom stereocenters. The zero-order valence-corrected chi connectivity index (χ0v) is 17.6. The fourth-order valence-electron chi connectivity index (χ4n) is 4.26. The Morgan fingerprint density at radius 2 is 1.77 bits per heavy atom. The van der Waals surface area contributed by atoms with Crippen LogP contribution in [0.4, 0.5) is 5.69 Å². The third-order valence-electron chi connectivity index (χ3n) is 6.10. The van der Waals surface area contributed by atoms with Crippen LogP contribution in [0.25, 0.3) is 0 Å². The first-order chi connectivity index (χ1) is 14.3. The topological polar surface area (TPSA) is 75.7 Å². The number of hydrogen-bond acceptors (Lipinski definition) is 4. The molecule has 1 spiro atoms. The third kappa shape index (κ3) is 3.82. The van der Waals surface area contributed by atoms with Crippen molar-refractivity contribution in [1.82, 2.24) is 4.90 Å². The van der Waals surface area contributed by atoms with Gasteiger partial charge in [0.05, 0.1) is 12.0 Å². The van der Waals surface area contributed by atoms with E-state index in [-0.39, 0.29) is 17.6 Å². The molecule has 2 aliphatic heterocycles. The predicted octanol–water partition coefficient (Wildman–Crippen LogP) is 3.90. The largest absolute Gasteiger partial charge is 0.486 e. The summed E-state index contributed by atoms with van der Waals surface area (Å²) in [6.07, 6.45) is 1.58. The first-order valence-corrected chi connectivity index (χ1v) is 10.3. The van der Waals surface area contributed by atoms with Gasteiger partial charge in [0, 0.05) is 44.1 Å². The Hall–Kier alpha value is -3.15. The number of rotatable bonds is 2. The molecule has 1 N–H and O–H groups in total. The standard InChI is InChI=1S/C24H26N2O4/c1-15-11-20-21(28)14-24(30-22(20)12-16(15)2)7-9-26(10-8-24)23(29)18-5-4-6-19(13-18)25-17(3)27/h4-6,11-13H,7-10,14H2,1-3H3,(H,25,27). The fourth-order valence-corrected chi connectivity index (χ4v) is 4.26. The van der Waals surface area contributed by atoms with Crippen LogP contribution in [0, 0.1) is 13.8 Å². The Balaban J connectivity index is 1.47. The van der Waals surface area contributed by atoms with Gasteiger partial charge in [0.15, 0.2) is 5.78 Å². The summed E-state index contributed by atoms with van der Waals surface area (Å²) in [4.78, 5) is 38.8. The minimum Gasteiger partial charge on any atom is -0.486 e. The van der Waals surface area contributed by atoms with Gasteiger partial charge in [-0.25, -0.2) is 0 Å². The summed E-state index contributed by atoms with van der Waals surface area (Å²) in [6.45, 7) is 6.50. The molecule has 1 saturated heterocycles. The molecule has 0 aromatic heterocycles. The molecular weight excluding hydrogens is 380 g/mol. The molecule has 2 amide bonds. The van der Waals surface area contributed by atoms with Crippen LogP contribution in [-0.2, 0) is 4.79 Å². The van der Waals surface area contributed by atoms with Crippen molar-refractivity contribution in [2.75, 3.05) is 18.4 Å². The number of ketones is 1. The average molecular weight is 406 g/mol. The van der Waals surface area contributed by atoms with Gasteiger partial charge in [0.25, 0.3) is 5.91 Å². The van der Waals surface area contributed by atoms with Gasteiger partial charge in [-0.1, -0.05) is 6.07 Å². The van der Waals surface area contributed by atoms with Gasteiger partial charge < -0.3 is 15.0 Å². The van der Waals surface area contributed by atoms with Crippen LogP contribution in [0.15, 0.2) is 36.4 Å². The summed E-state index contributed by atoms with van der Waals surface area (Å²) in [7, 11) is 0. The predicted molar refractivity (Wildman–Crippen MR) is 114 cm³/mol. The van der Waals surface area contributed by atoms with Crippen molar-refractivity contribution in [2.45, 2.75) is 45.6 Å². The SMILES string of the molecule is CC(=O)Nc1cccc(C(=O)N2CCC3(CC2)CC(=O)c2cc(C)c(C)cc2O3)c1. The molecule has 0 atom stereocenters. The van der Waals surface area contributed by atoms with E-state index in [2.05, 4.69) is 5.32 Å². The maximum atomic E-state index is 13.0. The van der Waals surface area contributed by atoms with Crippen molar-refractivity contribution in [3.05, 3.63) is 58.7 Å². The number of aryl methyl sites for hydroxylation is 2. The second-order valence-corrected chi connectivity index (χ2v) is 8.37. The first-order valence-electron chi connectivity index (χ1n) is 10.3. The third-order valence-corrected chi connectivity index (χ3v) is 6.10. The number of piperidine rings is 1. The van der Waals surface area contributed by atoms with E-state index in [0.29, 0.717) is 54.9 Å². The van der Waals surface area contributed by atoms with Crippen molar-refractivity contribution in [2.24, 2.45) is 0 Å². The van der Waals surface area contributed by atoms with E-state index in [4.69, 9.17) is 4.74 Å². The van der Waals surface area contributed by atoms with Crippen LogP contribution in [0.2, 0.25) is 0 Å². The van der Waals surface area contributed by atoms with Crippen molar-refractivity contribution >= 4 is 23.3 Å². The lowest BCUT2D eigenvalue weighted by Crippen LogP contribution is -2.52. The molecule has 2 heterocycles. The van der Waals surface area contributed by atoms with Crippen LogP contribution >= 0.6 is 0 Å². The summed E-state index contributed by atoms with van der Waals surface area (Å²) >= 11 is 0. The molecule has 156 valence electrons. The molecule has 0 radical (unpaired) electrons. The molecule has 6 nitrogen and oxygen atoms in total. The Morgan fingerprint density at radius 3 is 2.47 bits per heavy atom. The van der Waals surface area contributed by atoms with Gasteiger partial charge in [0.2, 0.25) is 5.91 Å². The van der Waals surface area contributed by atoms with Crippen molar-refractivity contribution in [3.8, 4) is 5.75 Å². The second kappa shape index (κ2) is 7.59. The van der Waals surface area contributed by atoms with Crippen LogP contribution in [-0.4, -0.2) is 41.2 Å². The second-order valence-electron chi connectivity index (χ2n) is 8.37. The first kappa shape index (κ1) is 20.1. The van der Waals surface area contributed by atoms with E-state index < -0.39 is 5.60 Å². The zero-order chi connectivity index (χ0) is 21.5. The highest BCUT2D eigenvalue weighted by molar-refractivity contribution is 6.01. The number of likely N-dealkylation sites (tertiary alicyclic amines) is 1. The Morgan fingerprint density at radius 1 is 1.07 bits per heavy atom. The van der Waals surface area contributed by atoms with E-state index in [9.17, 15) is 14.4 Å². The molecule has 2 aromatic rings. The molecule has 0 saturated carbocycles. The lowest BCUT2D eigenvalue weighted by molar-refractivity contribution is -0.114. The minimum atomic E-state index is -0.541. The zero-order valence-electron chi connectivity index (χ0n) is 17.6. The number of ether oxygens (including phenoxy) is 1. The van der Waals surface area contributed by atoms with E-state index >= 15 is 0 Å². The summed E-state index contributed by atoms with van der Waals surface area (Å²) < 4.78 is 6.36. The maximum Gasteiger partial charge on any atom is 0.253 e. The number of nitrogens with zero attached hydrogens (tertiary/aromatic N) is 1. The van der Waals surface area contributed by atoms with Crippen LogP contribution < -0.4 is 10.1 Å². The summed E-state index contributed by atoms with van der Waals surface area (Å²) in [6, 6.07) is 10.8. The molecule has 30 heavy (non-hydrogen) atoms. The highest BCUT2D eigenvalue weighted by Crippen LogP contribution is 2.40. The molecule has 6 heteroatoms. The number of Topliss-reactive ketones (excluding diaryl/α,β-unsaturated/α-hetero) is 1. The Labute approximate surface area is 176 Å². The summed E-state index contributed by atoms with van der Waals surface area (Å²) in [5.74, 6) is 0.523. The van der Waals surface area contributed by atoms with E-state index in [1.807, 2.05) is 26.0 Å². The lowest BCUT2D eigenvalue weighted by Gasteiger charge is -2.44. The maximum absolute atomic E-state index is 13.0. The smallest absolute Gasteiger partial charge is 0.253 e. The Bertz CT molecular complexity index is 1040. The molecule has 2 aliphatic rings. The fraction of sp³-hybridized carbons (Fsp3) is 0.375. The van der Waals surface area contributed by atoms with Crippen LogP contribution in [0.5, 0.6) is 5.75 Å². The highest BCUT2D eigenvalue weighted by atomic mass is 16.5. The quantitative estimate of drug-likeness (QED) is 0.821. The molecule has 0 bridgehead atoms. The number of benzene rings is 2. The van der Waals surface area contributed by atoms with Gasteiger partial charge in [0.1, 0.15) is 11.4 Å². The number of fused-ring (bicyclic) bond motifs is 1. The van der Waals surface area contributed by atoms with Crippen molar-refractivity contribution < 1.29 is 19.1 Å². The molecule has 1 fully saturated rings. The average Bonchev–Trinajstić information content (AvgIpc) is 2.69. The van der Waals surface area contributed by atoms with Crippen molar-refractivity contribution in [1.29, 1.82) is 0 Å². The highest BCUT2D eigenvalue weighted by Gasteiger charge is 2.43. The number of carbonyl (C=O) groups is 3. The Kier molecular flexibility index (Phi) is 5.10. The molecule has 2 aromatic carbocycles. The van der Waals surface area contributed by atoms with Gasteiger partial charge in [-0.15, -0.1) is 0 Å². The van der Waals surface area contributed by atoms with Gasteiger partial charge >= 0.3 is 0 Å². The molecule has 4 rings (SSSR count). The lowest BCUT2D eigenvalue weighted by atomic mass is 9.81. The monoisotopic (exact) mass is 406 g/mol. The number of amides is 2. The summed E-state index contributed by atoms with van der Waals surface area (Å²) in [5, 5.41) is 2.71. The molecule has 0 aliphatic carbocycles. The number of nitrogens with one attached hydrogen (secondary N) is 1. The van der Waals surface area contributed by atoms with Gasteiger partial charge in [-0.05, 0) is 55.3 Å². The molecular formula is C24H26N2O4. The van der Waals surface area contributed by atoms with Crippen LogP contribution in [0.3, 0.4) is 0 Å².